The van der Waals surface area contributed by atoms with E-state index >= 15 is 0 Å². The fraction of sp³-hybridized carbons (Fsp3) is 0.400. The molecule has 2 aliphatic rings. The number of benzene rings is 2. The first kappa shape index (κ1) is 13.1. The van der Waals surface area contributed by atoms with E-state index in [0.29, 0.717) is 17.9 Å². The lowest BCUT2D eigenvalue weighted by Crippen LogP contribution is -2.34. The molecule has 0 amide bonds. The van der Waals surface area contributed by atoms with Crippen LogP contribution in [0.3, 0.4) is 0 Å². The topological polar surface area (TPSA) is 26.0 Å². The maximum atomic E-state index is 6.63. The Hall–Kier alpha value is -1.60. The van der Waals surface area contributed by atoms with Gasteiger partial charge in [-0.15, -0.1) is 0 Å². The summed E-state index contributed by atoms with van der Waals surface area (Å²) in [6.45, 7) is 0. The Bertz CT molecular complexity index is 646. The van der Waals surface area contributed by atoms with E-state index in [0.717, 1.165) is 6.42 Å². The van der Waals surface area contributed by atoms with Crippen LogP contribution in [-0.2, 0) is 12.8 Å². The van der Waals surface area contributed by atoms with Crippen LogP contribution in [0.4, 0.5) is 0 Å². The van der Waals surface area contributed by atoms with Crippen molar-refractivity contribution >= 4 is 0 Å². The predicted molar refractivity (Wildman–Crippen MR) is 87.6 cm³/mol. The maximum absolute atomic E-state index is 6.63. The van der Waals surface area contributed by atoms with Gasteiger partial charge >= 0.3 is 0 Å². The highest BCUT2D eigenvalue weighted by Gasteiger charge is 2.31. The van der Waals surface area contributed by atoms with Gasteiger partial charge in [0.2, 0.25) is 0 Å². The number of fused-ring (bicyclic) bond motifs is 2. The number of rotatable bonds is 3. The fourth-order valence-electron chi connectivity index (χ4n) is 4.30. The molecule has 1 heteroatoms. The molecule has 2 aliphatic carbocycles. The van der Waals surface area contributed by atoms with Gasteiger partial charge in [-0.3, -0.25) is 0 Å². The van der Waals surface area contributed by atoms with E-state index in [-0.39, 0.29) is 0 Å². The van der Waals surface area contributed by atoms with Crippen LogP contribution in [0.2, 0.25) is 0 Å². The Morgan fingerprint density at radius 3 is 2.48 bits per heavy atom. The van der Waals surface area contributed by atoms with Gasteiger partial charge in [0.05, 0.1) is 0 Å². The van der Waals surface area contributed by atoms with Gasteiger partial charge in [0, 0.05) is 6.04 Å². The van der Waals surface area contributed by atoms with E-state index < -0.39 is 0 Å². The molecule has 21 heavy (non-hydrogen) atoms. The third-order valence-corrected chi connectivity index (χ3v) is 5.45. The Kier molecular flexibility index (Phi) is 3.31. The van der Waals surface area contributed by atoms with Gasteiger partial charge in [-0.1, -0.05) is 48.5 Å². The Morgan fingerprint density at radius 1 is 0.952 bits per heavy atom. The highest BCUT2D eigenvalue weighted by Crippen LogP contribution is 2.41. The molecule has 3 unspecified atom stereocenters. The summed E-state index contributed by atoms with van der Waals surface area (Å²) in [5.74, 6) is 1.24. The summed E-state index contributed by atoms with van der Waals surface area (Å²) >= 11 is 0. The SMILES string of the molecule is NC(CC1Cc2ccccc21)C1CCCc2ccccc21. The van der Waals surface area contributed by atoms with Gasteiger partial charge in [-0.05, 0) is 66.2 Å². The maximum Gasteiger partial charge on any atom is 0.0114 e. The molecule has 0 bridgehead atoms. The van der Waals surface area contributed by atoms with Crippen molar-refractivity contribution in [2.45, 2.75) is 50.0 Å². The lowest BCUT2D eigenvalue weighted by Gasteiger charge is -2.36. The van der Waals surface area contributed by atoms with Crippen molar-refractivity contribution in [3.8, 4) is 0 Å². The molecule has 4 rings (SSSR count). The molecule has 0 saturated heterocycles. The first-order valence-electron chi connectivity index (χ1n) is 8.24. The van der Waals surface area contributed by atoms with Crippen molar-refractivity contribution < 1.29 is 0 Å². The highest BCUT2D eigenvalue weighted by molar-refractivity contribution is 5.40. The largest absolute Gasteiger partial charge is 0.327 e. The third-order valence-electron chi connectivity index (χ3n) is 5.45. The van der Waals surface area contributed by atoms with Crippen LogP contribution in [-0.4, -0.2) is 6.04 Å². The molecular formula is C20H23N. The van der Waals surface area contributed by atoms with Crippen LogP contribution in [0.5, 0.6) is 0 Å². The summed E-state index contributed by atoms with van der Waals surface area (Å²) in [7, 11) is 0. The second kappa shape index (κ2) is 5.31. The molecule has 2 N–H and O–H groups in total. The number of hydrogen-bond donors (Lipinski definition) is 1. The van der Waals surface area contributed by atoms with Crippen LogP contribution < -0.4 is 5.73 Å². The average Bonchev–Trinajstić information content (AvgIpc) is 2.52. The van der Waals surface area contributed by atoms with Crippen LogP contribution in [0, 0.1) is 0 Å². The standard InChI is InChI=1S/C20H23N/c21-20(13-16-12-15-7-2-3-9-17(15)16)19-11-5-8-14-6-1-4-10-18(14)19/h1-4,6-7,9-10,16,19-20H,5,8,11-13,21H2. The summed E-state index contributed by atoms with van der Waals surface area (Å²) in [4.78, 5) is 0. The van der Waals surface area contributed by atoms with Crippen molar-refractivity contribution in [1.29, 1.82) is 0 Å². The number of nitrogens with two attached hydrogens (primary N) is 1. The van der Waals surface area contributed by atoms with Crippen molar-refractivity contribution in [2.24, 2.45) is 5.73 Å². The summed E-state index contributed by atoms with van der Waals surface area (Å²) < 4.78 is 0. The van der Waals surface area contributed by atoms with E-state index in [2.05, 4.69) is 48.5 Å². The molecule has 2 aromatic carbocycles. The molecule has 0 saturated carbocycles. The quantitative estimate of drug-likeness (QED) is 0.895. The molecule has 108 valence electrons. The lowest BCUT2D eigenvalue weighted by molar-refractivity contribution is 0.398. The van der Waals surface area contributed by atoms with Crippen LogP contribution >= 0.6 is 0 Å². The predicted octanol–water partition coefficient (Wildman–Crippen LogP) is 4.16. The molecule has 0 fully saturated rings. The van der Waals surface area contributed by atoms with Crippen LogP contribution in [0.1, 0.15) is 53.4 Å². The lowest BCUT2D eigenvalue weighted by atomic mass is 9.70. The Balaban J connectivity index is 1.51. The molecule has 0 aliphatic heterocycles. The molecule has 1 nitrogen and oxygen atoms in total. The van der Waals surface area contributed by atoms with Gasteiger partial charge in [0.15, 0.2) is 0 Å². The van der Waals surface area contributed by atoms with Gasteiger partial charge in [0.1, 0.15) is 0 Å². The summed E-state index contributed by atoms with van der Waals surface area (Å²) in [6.07, 6.45) is 6.13. The average molecular weight is 277 g/mol. The number of aryl methyl sites for hydroxylation is 1. The number of hydrogen-bond acceptors (Lipinski definition) is 1. The zero-order valence-corrected chi connectivity index (χ0v) is 12.5. The van der Waals surface area contributed by atoms with E-state index in [1.807, 2.05) is 0 Å². The smallest absolute Gasteiger partial charge is 0.0114 e. The summed E-state index contributed by atoms with van der Waals surface area (Å²) in [5.41, 5.74) is 12.7. The second-order valence-electron chi connectivity index (χ2n) is 6.70. The van der Waals surface area contributed by atoms with E-state index in [4.69, 9.17) is 5.73 Å². The van der Waals surface area contributed by atoms with Crippen LogP contribution in [0.15, 0.2) is 48.5 Å². The van der Waals surface area contributed by atoms with Crippen molar-refractivity contribution in [3.05, 3.63) is 70.8 Å². The highest BCUT2D eigenvalue weighted by atomic mass is 14.7. The van der Waals surface area contributed by atoms with E-state index in [1.165, 1.54) is 47.9 Å². The summed E-state index contributed by atoms with van der Waals surface area (Å²) in [6, 6.07) is 18.1. The zero-order chi connectivity index (χ0) is 14.2. The zero-order valence-electron chi connectivity index (χ0n) is 12.5. The molecular weight excluding hydrogens is 254 g/mol. The third kappa shape index (κ3) is 2.30. The van der Waals surface area contributed by atoms with Crippen molar-refractivity contribution in [1.82, 2.24) is 0 Å². The molecule has 3 atom stereocenters. The van der Waals surface area contributed by atoms with Gasteiger partial charge in [0.25, 0.3) is 0 Å². The molecule has 0 heterocycles. The van der Waals surface area contributed by atoms with Gasteiger partial charge < -0.3 is 5.73 Å². The van der Waals surface area contributed by atoms with Crippen molar-refractivity contribution in [3.63, 3.8) is 0 Å². The van der Waals surface area contributed by atoms with E-state index in [1.54, 1.807) is 0 Å². The first-order valence-corrected chi connectivity index (χ1v) is 8.24. The second-order valence-corrected chi connectivity index (χ2v) is 6.70. The van der Waals surface area contributed by atoms with Gasteiger partial charge in [-0.2, -0.15) is 0 Å². The van der Waals surface area contributed by atoms with Gasteiger partial charge in [-0.25, -0.2) is 0 Å². The van der Waals surface area contributed by atoms with E-state index in [9.17, 15) is 0 Å². The molecule has 0 aromatic heterocycles. The van der Waals surface area contributed by atoms with Crippen LogP contribution in [0.25, 0.3) is 0 Å². The molecule has 2 aromatic rings. The normalized spacial score (nSPS) is 24.6. The minimum Gasteiger partial charge on any atom is -0.327 e. The first-order chi connectivity index (χ1) is 10.3. The minimum atomic E-state index is 0.296. The van der Waals surface area contributed by atoms with Crippen molar-refractivity contribution in [2.75, 3.05) is 0 Å². The monoisotopic (exact) mass is 277 g/mol. The minimum absolute atomic E-state index is 0.296. The Morgan fingerprint density at radius 2 is 1.67 bits per heavy atom. The molecule has 0 spiro atoms. The fourth-order valence-corrected chi connectivity index (χ4v) is 4.30. The molecule has 0 radical (unpaired) electrons. The Labute approximate surface area is 127 Å². The summed E-state index contributed by atoms with van der Waals surface area (Å²) in [5, 5.41) is 0.